The Kier molecular flexibility index (Phi) is 3.71. The molecule has 0 unspecified atom stereocenters. The first kappa shape index (κ1) is 13.1. The van der Waals surface area contributed by atoms with Crippen molar-refractivity contribution >= 4 is 36.0 Å². The van der Waals surface area contributed by atoms with E-state index in [1.54, 1.807) is 11.3 Å². The molecule has 0 aliphatic carbocycles. The summed E-state index contributed by atoms with van der Waals surface area (Å²) < 4.78 is 0. The van der Waals surface area contributed by atoms with Crippen molar-refractivity contribution < 1.29 is 0 Å². The van der Waals surface area contributed by atoms with Gasteiger partial charge in [0, 0.05) is 10.6 Å². The Labute approximate surface area is 121 Å². The molecule has 0 saturated heterocycles. The smallest absolute Gasteiger partial charge is 0.347 e. The molecule has 0 amide bonds. The van der Waals surface area contributed by atoms with Gasteiger partial charge in [0.05, 0.1) is 6.54 Å². The standard InChI is InChI=1S/C13H14BN4OS/c15-4-3-8-6-10-11(14-8)12(18-13(19)17-10)16-7-9-2-1-5-20-9/h1-2,5-6H,3-4,7,15H2,(H2,16,17,18,19). The summed E-state index contributed by atoms with van der Waals surface area (Å²) in [4.78, 5) is 19.6. The average Bonchev–Trinajstić information content (AvgIpc) is 3.05. The zero-order chi connectivity index (χ0) is 13.9. The molecule has 20 heavy (non-hydrogen) atoms. The predicted octanol–water partition coefficient (Wildman–Crippen LogP) is 0.476. The molecule has 4 N–H and O–H groups in total. The summed E-state index contributed by atoms with van der Waals surface area (Å²) in [6.45, 7) is 1.26. The number of aromatic nitrogens is 2. The second-order valence-corrected chi connectivity index (χ2v) is 5.59. The fourth-order valence-electron chi connectivity index (χ4n) is 2.20. The summed E-state index contributed by atoms with van der Waals surface area (Å²) in [5, 5.41) is 5.26. The molecule has 3 heterocycles. The van der Waals surface area contributed by atoms with E-state index >= 15 is 0 Å². The highest BCUT2D eigenvalue weighted by molar-refractivity contribution is 7.09. The minimum absolute atomic E-state index is 0.337. The number of nitrogens with zero attached hydrogens (tertiary/aromatic N) is 1. The van der Waals surface area contributed by atoms with Crippen molar-refractivity contribution in [2.24, 2.45) is 5.73 Å². The van der Waals surface area contributed by atoms with Gasteiger partial charge in [-0.1, -0.05) is 11.5 Å². The SMILES string of the molecule is NCCC1=Cc2[nH]c(=O)nc(NCc3cccs3)c2[B]1. The van der Waals surface area contributed by atoms with Crippen LogP contribution in [-0.2, 0) is 6.54 Å². The highest BCUT2D eigenvalue weighted by atomic mass is 32.1. The van der Waals surface area contributed by atoms with E-state index < -0.39 is 0 Å². The first-order chi connectivity index (χ1) is 9.76. The summed E-state index contributed by atoms with van der Waals surface area (Å²) in [6.07, 6.45) is 2.75. The molecule has 101 valence electrons. The minimum Gasteiger partial charge on any atom is -0.365 e. The molecule has 0 spiro atoms. The maximum atomic E-state index is 11.6. The third kappa shape index (κ3) is 2.68. The van der Waals surface area contributed by atoms with Gasteiger partial charge in [0.1, 0.15) is 5.82 Å². The van der Waals surface area contributed by atoms with E-state index in [0.29, 0.717) is 18.9 Å². The Morgan fingerprint density at radius 1 is 1.50 bits per heavy atom. The van der Waals surface area contributed by atoms with Gasteiger partial charge >= 0.3 is 5.69 Å². The molecule has 1 aliphatic heterocycles. The number of nitrogens with two attached hydrogens (primary N) is 1. The number of nitrogens with one attached hydrogen (secondary N) is 2. The first-order valence-electron chi connectivity index (χ1n) is 6.42. The molecule has 0 aromatic carbocycles. The Hall–Kier alpha value is -1.86. The molecule has 1 aliphatic rings. The average molecular weight is 285 g/mol. The van der Waals surface area contributed by atoms with Crippen LogP contribution in [0.15, 0.2) is 27.8 Å². The number of thiophene rings is 1. The van der Waals surface area contributed by atoms with Crippen LogP contribution in [0.2, 0.25) is 0 Å². The van der Waals surface area contributed by atoms with E-state index in [-0.39, 0.29) is 5.69 Å². The summed E-state index contributed by atoms with van der Waals surface area (Å²) in [7, 11) is 2.03. The summed E-state index contributed by atoms with van der Waals surface area (Å²) in [5.41, 5.74) is 8.09. The van der Waals surface area contributed by atoms with Gasteiger partial charge in [-0.2, -0.15) is 4.98 Å². The number of aromatic amines is 1. The van der Waals surface area contributed by atoms with Crippen LogP contribution in [0.1, 0.15) is 17.0 Å². The van der Waals surface area contributed by atoms with Crippen molar-refractivity contribution in [2.75, 3.05) is 11.9 Å². The molecule has 3 rings (SSSR count). The molecule has 1 radical (unpaired) electrons. The van der Waals surface area contributed by atoms with E-state index in [2.05, 4.69) is 15.3 Å². The second-order valence-electron chi connectivity index (χ2n) is 4.55. The van der Waals surface area contributed by atoms with Crippen molar-refractivity contribution in [3.8, 4) is 0 Å². The Morgan fingerprint density at radius 3 is 3.15 bits per heavy atom. The van der Waals surface area contributed by atoms with E-state index in [4.69, 9.17) is 5.73 Å². The maximum Gasteiger partial charge on any atom is 0.347 e. The van der Waals surface area contributed by atoms with Gasteiger partial charge in [-0.05, 0) is 36.0 Å². The van der Waals surface area contributed by atoms with Gasteiger partial charge in [0.25, 0.3) is 0 Å². The molecule has 0 atom stereocenters. The van der Waals surface area contributed by atoms with Crippen LogP contribution in [0.4, 0.5) is 5.82 Å². The highest BCUT2D eigenvalue weighted by Crippen LogP contribution is 2.16. The summed E-state index contributed by atoms with van der Waals surface area (Å²) in [5.74, 6) is 0.625. The third-order valence-electron chi connectivity index (χ3n) is 3.10. The lowest BCUT2D eigenvalue weighted by Gasteiger charge is -2.08. The Bertz CT molecular complexity index is 693. The van der Waals surface area contributed by atoms with E-state index in [9.17, 15) is 4.79 Å². The Balaban J connectivity index is 1.82. The molecule has 5 nitrogen and oxygen atoms in total. The normalized spacial score (nSPS) is 12.8. The van der Waals surface area contributed by atoms with Crippen LogP contribution >= 0.6 is 11.3 Å². The molecule has 0 bridgehead atoms. The van der Waals surface area contributed by atoms with Crippen LogP contribution < -0.4 is 22.2 Å². The van der Waals surface area contributed by atoms with Crippen molar-refractivity contribution in [1.82, 2.24) is 9.97 Å². The van der Waals surface area contributed by atoms with Gasteiger partial charge in [-0.15, -0.1) is 11.3 Å². The molecule has 2 aromatic rings. The molecule has 2 aromatic heterocycles. The number of fused-ring (bicyclic) bond motifs is 1. The van der Waals surface area contributed by atoms with Crippen LogP contribution in [-0.4, -0.2) is 23.8 Å². The number of H-pyrrole nitrogens is 1. The predicted molar refractivity (Wildman–Crippen MR) is 83.5 cm³/mol. The number of rotatable bonds is 5. The largest absolute Gasteiger partial charge is 0.365 e. The fourth-order valence-corrected chi connectivity index (χ4v) is 2.85. The quantitative estimate of drug-likeness (QED) is 0.698. The molecular weight excluding hydrogens is 271 g/mol. The van der Waals surface area contributed by atoms with Gasteiger partial charge in [0.2, 0.25) is 0 Å². The number of hydrogen-bond acceptors (Lipinski definition) is 5. The van der Waals surface area contributed by atoms with Crippen molar-refractivity contribution in [2.45, 2.75) is 13.0 Å². The van der Waals surface area contributed by atoms with Gasteiger partial charge < -0.3 is 16.0 Å². The van der Waals surface area contributed by atoms with E-state index in [0.717, 1.165) is 23.1 Å². The van der Waals surface area contributed by atoms with Gasteiger partial charge in [-0.3, -0.25) is 0 Å². The van der Waals surface area contributed by atoms with Crippen LogP contribution in [0, 0.1) is 0 Å². The van der Waals surface area contributed by atoms with Gasteiger partial charge in [0.15, 0.2) is 7.28 Å². The third-order valence-corrected chi connectivity index (χ3v) is 3.98. The molecule has 0 saturated carbocycles. The number of hydrogen-bond donors (Lipinski definition) is 3. The first-order valence-corrected chi connectivity index (χ1v) is 7.30. The summed E-state index contributed by atoms with van der Waals surface area (Å²) in [6, 6.07) is 4.05. The topological polar surface area (TPSA) is 83.8 Å². The summed E-state index contributed by atoms with van der Waals surface area (Å²) >= 11 is 1.67. The van der Waals surface area contributed by atoms with E-state index in [1.165, 1.54) is 4.88 Å². The molecular formula is C13H14BN4OS. The van der Waals surface area contributed by atoms with Gasteiger partial charge in [-0.25, -0.2) is 4.79 Å². The fraction of sp³-hybridized carbons (Fsp3) is 0.231. The maximum absolute atomic E-state index is 11.6. The number of anilines is 1. The molecule has 0 fully saturated rings. The Morgan fingerprint density at radius 2 is 2.40 bits per heavy atom. The lowest BCUT2D eigenvalue weighted by atomic mass is 9.66. The van der Waals surface area contributed by atoms with Crippen LogP contribution in [0.25, 0.3) is 6.08 Å². The minimum atomic E-state index is -0.337. The van der Waals surface area contributed by atoms with Crippen LogP contribution in [0.5, 0.6) is 0 Å². The van der Waals surface area contributed by atoms with Crippen molar-refractivity contribution in [3.05, 3.63) is 44.0 Å². The lowest BCUT2D eigenvalue weighted by molar-refractivity contribution is 0.997. The van der Waals surface area contributed by atoms with Crippen LogP contribution in [0.3, 0.4) is 0 Å². The monoisotopic (exact) mass is 285 g/mol. The van der Waals surface area contributed by atoms with E-state index in [1.807, 2.05) is 30.9 Å². The zero-order valence-electron chi connectivity index (χ0n) is 10.8. The molecule has 7 heteroatoms. The van der Waals surface area contributed by atoms with Crippen molar-refractivity contribution in [1.29, 1.82) is 0 Å². The highest BCUT2D eigenvalue weighted by Gasteiger charge is 2.19. The lowest BCUT2D eigenvalue weighted by Crippen LogP contribution is -2.28. The zero-order valence-corrected chi connectivity index (χ0v) is 11.7. The van der Waals surface area contributed by atoms with Crippen molar-refractivity contribution in [3.63, 3.8) is 0 Å². The second kappa shape index (κ2) is 5.64.